The smallest absolute Gasteiger partial charge is 0.178 e. The van der Waals surface area contributed by atoms with E-state index in [0.717, 1.165) is 28.2 Å². The first-order valence-electron chi connectivity index (χ1n) is 6.85. The monoisotopic (exact) mass is 290 g/mol. The number of hydrogen-bond acceptors (Lipinski definition) is 4. The van der Waals surface area contributed by atoms with Crippen LogP contribution >= 0.6 is 0 Å². The number of carbonyl (C=O) groups is 2. The first kappa shape index (κ1) is 13.9. The van der Waals surface area contributed by atoms with Crippen molar-refractivity contribution >= 4 is 28.5 Å². The standard InChI is InChI=1S/C18H14N2O2/c1-11(22)18-7-4-14(9-20-18)12-2-5-15-13(8-12)3-6-17(19)16(15)10-21/h2-10H,19H2,1H3. The molecule has 108 valence electrons. The Hall–Kier alpha value is -3.01. The summed E-state index contributed by atoms with van der Waals surface area (Å²) in [5, 5.41) is 1.76. The second kappa shape index (κ2) is 5.41. The van der Waals surface area contributed by atoms with Crippen molar-refractivity contribution in [1.29, 1.82) is 0 Å². The number of Topliss-reactive ketones (excluding diaryl/α,β-unsaturated/α-hetero) is 1. The summed E-state index contributed by atoms with van der Waals surface area (Å²) in [5.74, 6) is -0.0591. The van der Waals surface area contributed by atoms with Gasteiger partial charge in [-0.3, -0.25) is 14.6 Å². The number of nitrogen functional groups attached to an aromatic ring is 1. The first-order chi connectivity index (χ1) is 10.6. The van der Waals surface area contributed by atoms with E-state index in [-0.39, 0.29) is 5.78 Å². The minimum atomic E-state index is -0.0591. The van der Waals surface area contributed by atoms with Crippen LogP contribution in [0.5, 0.6) is 0 Å². The van der Waals surface area contributed by atoms with Gasteiger partial charge in [-0.25, -0.2) is 0 Å². The van der Waals surface area contributed by atoms with E-state index in [1.54, 1.807) is 18.3 Å². The van der Waals surface area contributed by atoms with E-state index in [4.69, 9.17) is 5.73 Å². The molecule has 22 heavy (non-hydrogen) atoms. The van der Waals surface area contributed by atoms with Crippen LogP contribution in [-0.4, -0.2) is 17.1 Å². The lowest BCUT2D eigenvalue weighted by Gasteiger charge is -2.08. The number of benzene rings is 2. The topological polar surface area (TPSA) is 73.0 Å². The zero-order chi connectivity index (χ0) is 15.7. The Kier molecular flexibility index (Phi) is 3.43. The third kappa shape index (κ3) is 2.35. The van der Waals surface area contributed by atoms with Crippen molar-refractivity contribution < 1.29 is 9.59 Å². The van der Waals surface area contributed by atoms with Gasteiger partial charge in [0.25, 0.3) is 0 Å². The number of aldehydes is 1. The molecule has 0 saturated heterocycles. The molecule has 0 spiro atoms. The molecular formula is C18H14N2O2. The molecule has 3 aromatic rings. The molecule has 0 aliphatic carbocycles. The highest BCUT2D eigenvalue weighted by molar-refractivity contribution is 6.04. The molecule has 4 nitrogen and oxygen atoms in total. The zero-order valence-corrected chi connectivity index (χ0v) is 12.0. The lowest BCUT2D eigenvalue weighted by atomic mass is 9.98. The van der Waals surface area contributed by atoms with Crippen molar-refractivity contribution in [2.45, 2.75) is 6.92 Å². The van der Waals surface area contributed by atoms with Crippen LogP contribution in [0.25, 0.3) is 21.9 Å². The zero-order valence-electron chi connectivity index (χ0n) is 12.0. The predicted octanol–water partition coefficient (Wildman–Crippen LogP) is 3.50. The van der Waals surface area contributed by atoms with Crippen LogP contribution in [0, 0.1) is 0 Å². The Balaban J connectivity index is 2.11. The average Bonchev–Trinajstić information content (AvgIpc) is 2.54. The highest BCUT2D eigenvalue weighted by atomic mass is 16.1. The third-order valence-electron chi connectivity index (χ3n) is 3.67. The molecule has 2 aromatic carbocycles. The number of nitrogens with zero attached hydrogens (tertiary/aromatic N) is 1. The molecule has 0 aliphatic heterocycles. The summed E-state index contributed by atoms with van der Waals surface area (Å²) in [4.78, 5) is 26.6. The third-order valence-corrected chi connectivity index (χ3v) is 3.67. The first-order valence-corrected chi connectivity index (χ1v) is 6.85. The Labute approximate surface area is 127 Å². The van der Waals surface area contributed by atoms with E-state index in [1.165, 1.54) is 6.92 Å². The number of rotatable bonds is 3. The van der Waals surface area contributed by atoms with Crippen LogP contribution in [0.2, 0.25) is 0 Å². The second-order valence-electron chi connectivity index (χ2n) is 5.11. The molecule has 0 bridgehead atoms. The maximum atomic E-state index is 11.3. The molecule has 1 heterocycles. The van der Waals surface area contributed by atoms with Gasteiger partial charge in [0.05, 0.1) is 0 Å². The Morgan fingerprint density at radius 2 is 1.86 bits per heavy atom. The van der Waals surface area contributed by atoms with Gasteiger partial charge in [0.2, 0.25) is 0 Å². The normalized spacial score (nSPS) is 10.6. The number of ketones is 1. The van der Waals surface area contributed by atoms with Crippen LogP contribution in [0.3, 0.4) is 0 Å². The highest BCUT2D eigenvalue weighted by Gasteiger charge is 2.07. The maximum absolute atomic E-state index is 11.3. The summed E-state index contributed by atoms with van der Waals surface area (Å²) in [6, 6.07) is 13.0. The van der Waals surface area contributed by atoms with Gasteiger partial charge >= 0.3 is 0 Å². The lowest BCUT2D eigenvalue weighted by Crippen LogP contribution is -1.96. The van der Waals surface area contributed by atoms with Gasteiger partial charge in [-0.2, -0.15) is 0 Å². The SMILES string of the molecule is CC(=O)c1ccc(-c2ccc3c(C=O)c(N)ccc3c2)cn1. The Bertz CT molecular complexity index is 883. The van der Waals surface area contributed by atoms with Crippen LogP contribution in [0.15, 0.2) is 48.7 Å². The van der Waals surface area contributed by atoms with Crippen LogP contribution < -0.4 is 5.73 Å². The lowest BCUT2D eigenvalue weighted by molar-refractivity contribution is 0.101. The summed E-state index contributed by atoms with van der Waals surface area (Å²) >= 11 is 0. The highest BCUT2D eigenvalue weighted by Crippen LogP contribution is 2.28. The minimum absolute atomic E-state index is 0.0591. The summed E-state index contributed by atoms with van der Waals surface area (Å²) in [6.07, 6.45) is 2.45. The van der Waals surface area contributed by atoms with Crippen molar-refractivity contribution in [1.82, 2.24) is 4.98 Å². The molecule has 0 aliphatic rings. The number of aromatic nitrogens is 1. The molecule has 0 fully saturated rings. The molecule has 0 unspecified atom stereocenters. The number of fused-ring (bicyclic) bond motifs is 1. The molecule has 4 heteroatoms. The van der Waals surface area contributed by atoms with E-state index >= 15 is 0 Å². The largest absolute Gasteiger partial charge is 0.398 e. The van der Waals surface area contributed by atoms with Gasteiger partial charge < -0.3 is 5.73 Å². The fourth-order valence-corrected chi connectivity index (χ4v) is 2.45. The van der Waals surface area contributed by atoms with E-state index < -0.39 is 0 Å². The fraction of sp³-hybridized carbons (Fsp3) is 0.0556. The summed E-state index contributed by atoms with van der Waals surface area (Å²) < 4.78 is 0. The number of anilines is 1. The van der Waals surface area contributed by atoms with E-state index in [0.29, 0.717) is 16.9 Å². The fourth-order valence-electron chi connectivity index (χ4n) is 2.45. The van der Waals surface area contributed by atoms with Crippen molar-refractivity contribution in [2.24, 2.45) is 0 Å². The van der Waals surface area contributed by atoms with Gasteiger partial charge in [-0.15, -0.1) is 0 Å². The summed E-state index contributed by atoms with van der Waals surface area (Å²) in [7, 11) is 0. The molecule has 0 atom stereocenters. The average molecular weight is 290 g/mol. The van der Waals surface area contributed by atoms with Gasteiger partial charge in [-0.1, -0.05) is 24.3 Å². The van der Waals surface area contributed by atoms with E-state index in [1.807, 2.05) is 30.3 Å². The molecule has 0 radical (unpaired) electrons. The van der Waals surface area contributed by atoms with Crippen molar-refractivity contribution in [3.63, 3.8) is 0 Å². The van der Waals surface area contributed by atoms with E-state index in [2.05, 4.69) is 4.98 Å². The molecule has 2 N–H and O–H groups in total. The van der Waals surface area contributed by atoms with Gasteiger partial charge in [0.1, 0.15) is 5.69 Å². The van der Waals surface area contributed by atoms with Crippen LogP contribution in [0.1, 0.15) is 27.8 Å². The Morgan fingerprint density at radius 1 is 1.09 bits per heavy atom. The number of hydrogen-bond donors (Lipinski definition) is 1. The summed E-state index contributed by atoms with van der Waals surface area (Å²) in [6.45, 7) is 1.49. The summed E-state index contributed by atoms with van der Waals surface area (Å²) in [5.41, 5.74) is 9.13. The van der Waals surface area contributed by atoms with Crippen molar-refractivity contribution in [2.75, 3.05) is 5.73 Å². The predicted molar refractivity (Wildman–Crippen MR) is 87.0 cm³/mol. The van der Waals surface area contributed by atoms with Crippen LogP contribution in [0.4, 0.5) is 5.69 Å². The maximum Gasteiger partial charge on any atom is 0.178 e. The van der Waals surface area contributed by atoms with Gasteiger partial charge in [0, 0.05) is 29.9 Å². The quantitative estimate of drug-likeness (QED) is 0.455. The van der Waals surface area contributed by atoms with Gasteiger partial charge in [0.15, 0.2) is 12.1 Å². The molecule has 0 saturated carbocycles. The van der Waals surface area contributed by atoms with E-state index in [9.17, 15) is 9.59 Å². The second-order valence-corrected chi connectivity index (χ2v) is 5.11. The van der Waals surface area contributed by atoms with Gasteiger partial charge in [-0.05, 0) is 34.5 Å². The minimum Gasteiger partial charge on any atom is -0.398 e. The van der Waals surface area contributed by atoms with Crippen molar-refractivity contribution in [3.05, 3.63) is 59.9 Å². The van der Waals surface area contributed by atoms with Crippen molar-refractivity contribution in [3.8, 4) is 11.1 Å². The molecule has 0 amide bonds. The molecular weight excluding hydrogens is 276 g/mol. The number of carbonyl (C=O) groups excluding carboxylic acids is 2. The van der Waals surface area contributed by atoms with Crippen LogP contribution in [-0.2, 0) is 0 Å². The Morgan fingerprint density at radius 3 is 2.50 bits per heavy atom. The number of nitrogens with two attached hydrogens (primary N) is 1. The molecule has 3 rings (SSSR count). The molecule has 1 aromatic heterocycles. The number of pyridine rings is 1.